The second kappa shape index (κ2) is 4.47. The van der Waals surface area contributed by atoms with Gasteiger partial charge >= 0.3 is 6.09 Å². The van der Waals surface area contributed by atoms with E-state index in [4.69, 9.17) is 27.9 Å². The molecule has 16 heavy (non-hydrogen) atoms. The van der Waals surface area contributed by atoms with Crippen LogP contribution in [-0.2, 0) is 4.74 Å². The van der Waals surface area contributed by atoms with E-state index in [1.54, 1.807) is 0 Å². The average molecular weight is 264 g/mol. The average Bonchev–Trinajstić information content (AvgIpc) is 2.24. The Labute approximate surface area is 101 Å². The predicted octanol–water partition coefficient (Wildman–Crippen LogP) is 3.30. The van der Waals surface area contributed by atoms with E-state index < -0.39 is 18.0 Å². The van der Waals surface area contributed by atoms with Gasteiger partial charge in [0, 0.05) is 12.0 Å². The molecule has 1 aliphatic rings. The van der Waals surface area contributed by atoms with Gasteiger partial charge in [-0.05, 0) is 12.1 Å². The first kappa shape index (κ1) is 11.5. The molecule has 0 aliphatic carbocycles. The number of rotatable bonds is 1. The van der Waals surface area contributed by atoms with Crippen molar-refractivity contribution in [2.75, 3.05) is 6.61 Å². The van der Waals surface area contributed by atoms with Crippen LogP contribution in [0.5, 0.6) is 0 Å². The minimum absolute atomic E-state index is 0.133. The lowest BCUT2D eigenvalue weighted by Gasteiger charge is -2.25. The van der Waals surface area contributed by atoms with Crippen molar-refractivity contribution in [1.29, 1.82) is 0 Å². The molecule has 0 spiro atoms. The third-order valence-electron chi connectivity index (χ3n) is 2.36. The van der Waals surface area contributed by atoms with E-state index in [1.165, 1.54) is 12.1 Å². The maximum Gasteiger partial charge on any atom is 0.407 e. The van der Waals surface area contributed by atoms with Crippen LogP contribution in [0.3, 0.4) is 0 Å². The molecule has 1 heterocycles. The fourth-order valence-corrected chi connectivity index (χ4v) is 2.05. The standard InChI is InChI=1S/C10H8Cl2FNO2/c11-5-1-2-6(13)8(9(5)12)7-3-4-16-10(15)14-7/h1-2,7H,3-4H2,(H,14,15)/t7-/m0/s1. The number of cyclic esters (lactones) is 1. The lowest BCUT2D eigenvalue weighted by Crippen LogP contribution is -2.35. The molecule has 0 unspecified atom stereocenters. The summed E-state index contributed by atoms with van der Waals surface area (Å²) in [6.45, 7) is 0.235. The lowest BCUT2D eigenvalue weighted by molar-refractivity contribution is 0.115. The van der Waals surface area contributed by atoms with E-state index in [2.05, 4.69) is 5.32 Å². The molecule has 6 heteroatoms. The molecular weight excluding hydrogens is 256 g/mol. The number of carbonyl (C=O) groups is 1. The van der Waals surface area contributed by atoms with Gasteiger partial charge in [0.2, 0.25) is 0 Å². The highest BCUT2D eigenvalue weighted by atomic mass is 35.5. The van der Waals surface area contributed by atoms with Crippen molar-refractivity contribution < 1.29 is 13.9 Å². The Morgan fingerprint density at radius 2 is 2.19 bits per heavy atom. The Morgan fingerprint density at radius 1 is 1.44 bits per heavy atom. The Balaban J connectivity index is 2.39. The molecule has 0 saturated carbocycles. The van der Waals surface area contributed by atoms with E-state index in [-0.39, 0.29) is 22.2 Å². The molecular formula is C10H8Cl2FNO2. The van der Waals surface area contributed by atoms with Crippen LogP contribution < -0.4 is 5.32 Å². The molecule has 1 atom stereocenters. The highest BCUT2D eigenvalue weighted by Gasteiger charge is 2.26. The zero-order valence-corrected chi connectivity index (χ0v) is 9.61. The van der Waals surface area contributed by atoms with E-state index in [0.717, 1.165) is 0 Å². The number of hydrogen-bond acceptors (Lipinski definition) is 2. The molecule has 1 amide bonds. The topological polar surface area (TPSA) is 38.3 Å². The molecule has 0 radical (unpaired) electrons. The van der Waals surface area contributed by atoms with Crippen molar-refractivity contribution >= 4 is 29.3 Å². The predicted molar refractivity (Wildman–Crippen MR) is 58.3 cm³/mol. The smallest absolute Gasteiger partial charge is 0.407 e. The van der Waals surface area contributed by atoms with Gasteiger partial charge in [-0.25, -0.2) is 9.18 Å². The van der Waals surface area contributed by atoms with Crippen molar-refractivity contribution in [3.8, 4) is 0 Å². The normalized spacial score (nSPS) is 20.2. The van der Waals surface area contributed by atoms with Gasteiger partial charge in [-0.1, -0.05) is 23.2 Å². The maximum absolute atomic E-state index is 13.6. The summed E-state index contributed by atoms with van der Waals surface area (Å²) in [4.78, 5) is 11.0. The summed E-state index contributed by atoms with van der Waals surface area (Å²) in [7, 11) is 0. The van der Waals surface area contributed by atoms with Crippen LogP contribution >= 0.6 is 23.2 Å². The van der Waals surface area contributed by atoms with Crippen LogP contribution in [-0.4, -0.2) is 12.7 Å². The molecule has 1 aliphatic heterocycles. The molecule has 3 nitrogen and oxygen atoms in total. The monoisotopic (exact) mass is 263 g/mol. The van der Waals surface area contributed by atoms with Crippen molar-refractivity contribution in [1.82, 2.24) is 5.32 Å². The lowest BCUT2D eigenvalue weighted by atomic mass is 10.0. The maximum atomic E-state index is 13.6. The first-order valence-corrected chi connectivity index (χ1v) is 5.42. The van der Waals surface area contributed by atoms with Gasteiger partial charge in [0.1, 0.15) is 5.82 Å². The highest BCUT2D eigenvalue weighted by Crippen LogP contribution is 2.34. The first-order chi connectivity index (χ1) is 7.59. The van der Waals surface area contributed by atoms with Gasteiger partial charge < -0.3 is 10.1 Å². The van der Waals surface area contributed by atoms with E-state index >= 15 is 0 Å². The Kier molecular flexibility index (Phi) is 3.21. The summed E-state index contributed by atoms with van der Waals surface area (Å²) in [5, 5.41) is 2.89. The zero-order chi connectivity index (χ0) is 11.7. The molecule has 1 saturated heterocycles. The number of carbonyl (C=O) groups excluding carboxylic acids is 1. The molecule has 1 N–H and O–H groups in total. The van der Waals surface area contributed by atoms with Gasteiger partial charge in [0.15, 0.2) is 0 Å². The number of halogens is 3. The second-order valence-electron chi connectivity index (χ2n) is 3.38. The fourth-order valence-electron chi connectivity index (χ4n) is 1.60. The van der Waals surface area contributed by atoms with Crippen LogP contribution in [0, 0.1) is 5.82 Å². The van der Waals surface area contributed by atoms with E-state index in [9.17, 15) is 9.18 Å². The third kappa shape index (κ3) is 2.08. The molecule has 0 bridgehead atoms. The number of hydrogen-bond donors (Lipinski definition) is 1. The zero-order valence-electron chi connectivity index (χ0n) is 8.10. The Morgan fingerprint density at radius 3 is 2.88 bits per heavy atom. The van der Waals surface area contributed by atoms with Crippen LogP contribution in [0.4, 0.5) is 9.18 Å². The molecule has 1 fully saturated rings. The summed E-state index contributed by atoms with van der Waals surface area (Å²) >= 11 is 11.7. The first-order valence-electron chi connectivity index (χ1n) is 4.66. The largest absolute Gasteiger partial charge is 0.449 e. The summed E-state index contributed by atoms with van der Waals surface area (Å²) in [6, 6.07) is 2.11. The number of amides is 1. The molecule has 0 aromatic heterocycles. The van der Waals surface area contributed by atoms with E-state index in [0.29, 0.717) is 6.42 Å². The fraction of sp³-hybridized carbons (Fsp3) is 0.300. The quantitative estimate of drug-likeness (QED) is 0.790. The van der Waals surface area contributed by atoms with Gasteiger partial charge in [0.25, 0.3) is 0 Å². The number of nitrogens with one attached hydrogen (secondary N) is 1. The van der Waals surface area contributed by atoms with Crippen LogP contribution in [0.25, 0.3) is 0 Å². The van der Waals surface area contributed by atoms with Crippen molar-refractivity contribution in [3.05, 3.63) is 33.6 Å². The molecule has 86 valence electrons. The molecule has 1 aromatic rings. The minimum atomic E-state index is -0.577. The molecule has 2 rings (SSSR count). The van der Waals surface area contributed by atoms with Crippen LogP contribution in [0.1, 0.15) is 18.0 Å². The van der Waals surface area contributed by atoms with Gasteiger partial charge in [0.05, 0.1) is 22.7 Å². The molecule has 1 aromatic carbocycles. The second-order valence-corrected chi connectivity index (χ2v) is 4.16. The third-order valence-corrected chi connectivity index (χ3v) is 3.18. The summed E-state index contributed by atoms with van der Waals surface area (Å²) in [5.41, 5.74) is 0.214. The van der Waals surface area contributed by atoms with Crippen molar-refractivity contribution in [2.24, 2.45) is 0 Å². The number of benzene rings is 1. The van der Waals surface area contributed by atoms with Gasteiger partial charge in [-0.15, -0.1) is 0 Å². The van der Waals surface area contributed by atoms with Gasteiger partial charge in [-0.2, -0.15) is 0 Å². The summed E-state index contributed by atoms with van der Waals surface area (Å²) in [5.74, 6) is -0.485. The van der Waals surface area contributed by atoms with Crippen LogP contribution in [0.2, 0.25) is 10.0 Å². The van der Waals surface area contributed by atoms with Gasteiger partial charge in [-0.3, -0.25) is 0 Å². The summed E-state index contributed by atoms with van der Waals surface area (Å²) < 4.78 is 18.3. The summed E-state index contributed by atoms with van der Waals surface area (Å²) in [6.07, 6.45) is -0.116. The highest BCUT2D eigenvalue weighted by molar-refractivity contribution is 6.42. The van der Waals surface area contributed by atoms with E-state index in [1.807, 2.05) is 0 Å². The minimum Gasteiger partial charge on any atom is -0.449 e. The number of ether oxygens (including phenoxy) is 1. The number of alkyl carbamates (subject to hydrolysis) is 1. The Hall–Kier alpha value is -1.000. The SMILES string of the molecule is O=C1N[C@H](c2c(F)ccc(Cl)c2Cl)CCO1. The Bertz CT molecular complexity index is 439. The van der Waals surface area contributed by atoms with Crippen molar-refractivity contribution in [2.45, 2.75) is 12.5 Å². The van der Waals surface area contributed by atoms with Crippen LogP contribution in [0.15, 0.2) is 12.1 Å². The van der Waals surface area contributed by atoms with Crippen molar-refractivity contribution in [3.63, 3.8) is 0 Å².